The van der Waals surface area contributed by atoms with Crippen LogP contribution in [0.1, 0.15) is 10.4 Å². The van der Waals surface area contributed by atoms with Gasteiger partial charge in [-0.1, -0.05) is 12.1 Å². The first-order valence-electron chi connectivity index (χ1n) is 5.22. The Kier molecular flexibility index (Phi) is 3.33. The Hall–Kier alpha value is -2.69. The number of rotatable bonds is 3. The van der Waals surface area contributed by atoms with Gasteiger partial charge < -0.3 is 10.4 Å². The van der Waals surface area contributed by atoms with Gasteiger partial charge in [-0.2, -0.15) is 0 Å². The fourth-order valence-electron chi connectivity index (χ4n) is 1.39. The minimum atomic E-state index is -0.815. The number of amides is 1. The van der Waals surface area contributed by atoms with Gasteiger partial charge in [0, 0.05) is 18.0 Å². The molecule has 0 atom stereocenters. The van der Waals surface area contributed by atoms with Crippen molar-refractivity contribution >= 4 is 17.4 Å². The van der Waals surface area contributed by atoms with Crippen LogP contribution in [0.25, 0.3) is 0 Å². The summed E-state index contributed by atoms with van der Waals surface area (Å²) in [6, 6.07) is 9.26. The van der Waals surface area contributed by atoms with Crippen LogP contribution in [0.5, 0.6) is 5.75 Å². The third-order valence-electron chi connectivity index (χ3n) is 2.28. The van der Waals surface area contributed by atoms with Gasteiger partial charge in [0.1, 0.15) is 5.75 Å². The van der Waals surface area contributed by atoms with Crippen LogP contribution in [0.2, 0.25) is 0 Å². The van der Waals surface area contributed by atoms with E-state index in [0.717, 1.165) is 0 Å². The van der Waals surface area contributed by atoms with E-state index in [0.29, 0.717) is 0 Å². The zero-order chi connectivity index (χ0) is 13.0. The normalized spacial score (nSPS) is 9.78. The molecule has 1 amide bonds. The number of aromatic nitrogens is 1. The SMILES string of the molecule is O=C(Nc1ccccc1O)C(=O)c1cccnc1. The van der Waals surface area contributed by atoms with Gasteiger partial charge in [0.2, 0.25) is 0 Å². The van der Waals surface area contributed by atoms with Crippen molar-refractivity contribution in [2.75, 3.05) is 5.32 Å². The summed E-state index contributed by atoms with van der Waals surface area (Å²) in [5.74, 6) is -1.61. The van der Waals surface area contributed by atoms with Crippen LogP contribution >= 0.6 is 0 Å². The third-order valence-corrected chi connectivity index (χ3v) is 2.28. The Morgan fingerprint density at radius 1 is 1.11 bits per heavy atom. The van der Waals surface area contributed by atoms with E-state index in [4.69, 9.17) is 0 Å². The number of anilines is 1. The zero-order valence-corrected chi connectivity index (χ0v) is 9.33. The van der Waals surface area contributed by atoms with Crippen LogP contribution in [0.3, 0.4) is 0 Å². The van der Waals surface area contributed by atoms with Crippen molar-refractivity contribution in [3.05, 3.63) is 54.4 Å². The van der Waals surface area contributed by atoms with E-state index in [1.807, 2.05) is 0 Å². The number of benzene rings is 1. The average molecular weight is 242 g/mol. The average Bonchev–Trinajstić information content (AvgIpc) is 2.41. The molecule has 0 saturated heterocycles. The highest BCUT2D eigenvalue weighted by Crippen LogP contribution is 2.21. The topological polar surface area (TPSA) is 79.3 Å². The Bertz CT molecular complexity index is 582. The van der Waals surface area contributed by atoms with Crippen LogP contribution in [0.15, 0.2) is 48.8 Å². The molecule has 2 rings (SSSR count). The fourth-order valence-corrected chi connectivity index (χ4v) is 1.39. The molecule has 18 heavy (non-hydrogen) atoms. The number of nitrogens with zero attached hydrogens (tertiary/aromatic N) is 1. The second kappa shape index (κ2) is 5.09. The second-order valence-corrected chi connectivity index (χ2v) is 3.54. The van der Waals surface area contributed by atoms with Crippen LogP contribution in [-0.4, -0.2) is 21.8 Å². The lowest BCUT2D eigenvalue weighted by atomic mass is 10.2. The maximum Gasteiger partial charge on any atom is 0.296 e. The minimum absolute atomic E-state index is 0.0927. The summed E-state index contributed by atoms with van der Waals surface area (Å²) >= 11 is 0. The minimum Gasteiger partial charge on any atom is -0.506 e. The lowest BCUT2D eigenvalue weighted by molar-refractivity contribution is -0.112. The molecule has 0 spiro atoms. The molecule has 2 aromatic rings. The van der Waals surface area contributed by atoms with Crippen molar-refractivity contribution in [1.82, 2.24) is 4.98 Å². The molecular formula is C13H10N2O3. The molecule has 0 unspecified atom stereocenters. The predicted molar refractivity (Wildman–Crippen MR) is 65.3 cm³/mol. The molecule has 5 nitrogen and oxygen atoms in total. The molecule has 0 bridgehead atoms. The number of hydrogen-bond donors (Lipinski definition) is 2. The molecule has 1 aromatic carbocycles. The van der Waals surface area contributed by atoms with Gasteiger partial charge in [0.25, 0.3) is 11.7 Å². The monoisotopic (exact) mass is 242 g/mol. The molecule has 0 aliphatic rings. The van der Waals surface area contributed by atoms with E-state index in [1.165, 1.54) is 30.6 Å². The van der Waals surface area contributed by atoms with Gasteiger partial charge in [-0.15, -0.1) is 0 Å². The van der Waals surface area contributed by atoms with Crippen molar-refractivity contribution in [1.29, 1.82) is 0 Å². The van der Waals surface area contributed by atoms with Crippen LogP contribution in [0, 0.1) is 0 Å². The molecule has 0 aliphatic heterocycles. The molecule has 0 radical (unpaired) electrons. The van der Waals surface area contributed by atoms with Crippen molar-refractivity contribution < 1.29 is 14.7 Å². The summed E-state index contributed by atoms with van der Waals surface area (Å²) in [4.78, 5) is 27.2. The third kappa shape index (κ3) is 2.52. The van der Waals surface area contributed by atoms with Crippen LogP contribution in [0.4, 0.5) is 5.69 Å². The maximum atomic E-state index is 11.7. The van der Waals surface area contributed by atoms with E-state index in [-0.39, 0.29) is 17.0 Å². The first-order chi connectivity index (χ1) is 8.68. The van der Waals surface area contributed by atoms with Gasteiger partial charge >= 0.3 is 0 Å². The Balaban J connectivity index is 2.14. The predicted octanol–water partition coefficient (Wildman–Crippen LogP) is 1.61. The number of phenols is 1. The number of para-hydroxylation sites is 2. The molecule has 1 heterocycles. The maximum absolute atomic E-state index is 11.7. The Morgan fingerprint density at radius 3 is 2.56 bits per heavy atom. The summed E-state index contributed by atoms with van der Waals surface area (Å²) in [6.07, 6.45) is 2.82. The first-order valence-corrected chi connectivity index (χ1v) is 5.22. The molecule has 0 saturated carbocycles. The number of phenolic OH excluding ortho intramolecular Hbond substituents is 1. The second-order valence-electron chi connectivity index (χ2n) is 3.54. The largest absolute Gasteiger partial charge is 0.506 e. The number of Topliss-reactive ketones (excluding diaryl/α,β-unsaturated/α-hetero) is 1. The Labute approximate surface area is 103 Å². The van der Waals surface area contributed by atoms with Crippen LogP contribution < -0.4 is 5.32 Å². The molecule has 90 valence electrons. The summed E-state index contributed by atoms with van der Waals surface area (Å²) in [7, 11) is 0. The number of carbonyl (C=O) groups excluding carboxylic acids is 2. The van der Waals surface area contributed by atoms with Gasteiger partial charge in [-0.3, -0.25) is 14.6 Å². The summed E-state index contributed by atoms with van der Waals surface area (Å²) in [5.41, 5.74) is 0.394. The van der Waals surface area contributed by atoms with Crippen molar-refractivity contribution in [3.63, 3.8) is 0 Å². The van der Waals surface area contributed by atoms with Crippen molar-refractivity contribution in [3.8, 4) is 5.75 Å². The Morgan fingerprint density at radius 2 is 1.89 bits per heavy atom. The van der Waals surface area contributed by atoms with Gasteiger partial charge in [-0.25, -0.2) is 0 Å². The van der Waals surface area contributed by atoms with Crippen molar-refractivity contribution in [2.45, 2.75) is 0 Å². The zero-order valence-electron chi connectivity index (χ0n) is 9.33. The van der Waals surface area contributed by atoms with Crippen molar-refractivity contribution in [2.24, 2.45) is 0 Å². The number of ketones is 1. The number of pyridine rings is 1. The van der Waals surface area contributed by atoms with E-state index < -0.39 is 11.7 Å². The molecule has 0 fully saturated rings. The number of nitrogens with one attached hydrogen (secondary N) is 1. The summed E-state index contributed by atoms with van der Waals surface area (Å²) < 4.78 is 0. The lowest BCUT2D eigenvalue weighted by Gasteiger charge is -2.05. The van der Waals surface area contributed by atoms with Gasteiger partial charge in [0.15, 0.2) is 0 Å². The van der Waals surface area contributed by atoms with Gasteiger partial charge in [-0.05, 0) is 24.3 Å². The number of carbonyl (C=O) groups is 2. The highest BCUT2D eigenvalue weighted by molar-refractivity contribution is 6.46. The highest BCUT2D eigenvalue weighted by Gasteiger charge is 2.17. The molecule has 2 N–H and O–H groups in total. The standard InChI is InChI=1S/C13H10N2O3/c16-11-6-2-1-5-10(11)15-13(18)12(17)9-4-3-7-14-8-9/h1-8,16H,(H,15,18). The molecule has 1 aromatic heterocycles. The number of hydrogen-bond acceptors (Lipinski definition) is 4. The van der Waals surface area contributed by atoms with E-state index >= 15 is 0 Å². The molecule has 0 aliphatic carbocycles. The lowest BCUT2D eigenvalue weighted by Crippen LogP contribution is -2.22. The summed E-state index contributed by atoms with van der Waals surface area (Å²) in [5, 5.41) is 11.8. The summed E-state index contributed by atoms with van der Waals surface area (Å²) in [6.45, 7) is 0. The number of aromatic hydroxyl groups is 1. The van der Waals surface area contributed by atoms with E-state index in [1.54, 1.807) is 18.2 Å². The smallest absolute Gasteiger partial charge is 0.296 e. The molecular weight excluding hydrogens is 232 g/mol. The van der Waals surface area contributed by atoms with Crippen LogP contribution in [-0.2, 0) is 4.79 Å². The van der Waals surface area contributed by atoms with Gasteiger partial charge in [0.05, 0.1) is 5.69 Å². The quantitative estimate of drug-likeness (QED) is 0.487. The first kappa shape index (κ1) is 11.8. The molecule has 5 heteroatoms. The van der Waals surface area contributed by atoms with E-state index in [9.17, 15) is 14.7 Å². The fraction of sp³-hybridized carbons (Fsp3) is 0. The van der Waals surface area contributed by atoms with E-state index in [2.05, 4.69) is 10.3 Å². The highest BCUT2D eigenvalue weighted by atomic mass is 16.3.